The van der Waals surface area contributed by atoms with E-state index in [0.29, 0.717) is 6.04 Å². The van der Waals surface area contributed by atoms with E-state index in [2.05, 4.69) is 31.1 Å². The van der Waals surface area contributed by atoms with Crippen molar-refractivity contribution in [2.24, 2.45) is 0 Å². The molecule has 0 aliphatic rings. The van der Waals surface area contributed by atoms with E-state index in [1.54, 1.807) is 0 Å². The molecule has 1 heteroatoms. The van der Waals surface area contributed by atoms with Crippen molar-refractivity contribution in [3.05, 3.63) is 0 Å². The minimum Gasteiger partial charge on any atom is -0.317 e. The summed E-state index contributed by atoms with van der Waals surface area (Å²) in [5.74, 6) is 6.13. The van der Waals surface area contributed by atoms with Gasteiger partial charge in [0.1, 0.15) is 0 Å². The Bertz CT molecular complexity index is 224. The Kier molecular flexibility index (Phi) is 15.2. The third-order valence-electron chi connectivity index (χ3n) is 3.86. The predicted octanol–water partition coefficient (Wildman–Crippen LogP) is 5.30. The Labute approximate surface area is 121 Å². The van der Waals surface area contributed by atoms with Gasteiger partial charge in [0.15, 0.2) is 0 Å². The highest BCUT2D eigenvalue weighted by atomic mass is 14.9. The van der Waals surface area contributed by atoms with E-state index >= 15 is 0 Å². The van der Waals surface area contributed by atoms with Crippen LogP contribution in [0.3, 0.4) is 0 Å². The molecule has 0 saturated heterocycles. The van der Waals surface area contributed by atoms with Crippen LogP contribution in [0.25, 0.3) is 0 Å². The summed E-state index contributed by atoms with van der Waals surface area (Å²) in [4.78, 5) is 0. The second kappa shape index (κ2) is 15.6. The highest BCUT2D eigenvalue weighted by Crippen LogP contribution is 2.12. The molecule has 0 bridgehead atoms. The van der Waals surface area contributed by atoms with Gasteiger partial charge in [0.25, 0.3) is 0 Å². The second-order valence-corrected chi connectivity index (χ2v) is 5.57. The zero-order chi connectivity index (χ0) is 14.2. The molecule has 1 unspecified atom stereocenters. The summed E-state index contributed by atoms with van der Waals surface area (Å²) < 4.78 is 0. The quantitative estimate of drug-likeness (QED) is 0.352. The van der Waals surface area contributed by atoms with Crippen molar-refractivity contribution in [3.8, 4) is 11.8 Å². The third kappa shape index (κ3) is 13.7. The van der Waals surface area contributed by atoms with Crippen molar-refractivity contribution in [1.82, 2.24) is 5.32 Å². The Morgan fingerprint density at radius 1 is 0.842 bits per heavy atom. The van der Waals surface area contributed by atoms with Crippen LogP contribution in [0.4, 0.5) is 0 Å². The fourth-order valence-electron chi connectivity index (χ4n) is 2.51. The van der Waals surface area contributed by atoms with Gasteiger partial charge in [0.2, 0.25) is 0 Å². The van der Waals surface area contributed by atoms with E-state index < -0.39 is 0 Å². The van der Waals surface area contributed by atoms with Crippen LogP contribution >= 0.6 is 0 Å². The summed E-state index contributed by atoms with van der Waals surface area (Å²) in [6, 6.07) is 0.672. The van der Waals surface area contributed by atoms with Crippen molar-refractivity contribution in [2.75, 3.05) is 7.05 Å². The standard InChI is InChI=1S/C18H35N/c1-4-6-8-9-10-11-12-13-15-17-18(19-3)16-14-7-5-2/h18-19H,4,6,8-17H2,1-3H3. The molecule has 0 saturated carbocycles. The molecule has 19 heavy (non-hydrogen) atoms. The summed E-state index contributed by atoms with van der Waals surface area (Å²) >= 11 is 0. The maximum Gasteiger partial charge on any atom is 0.0103 e. The topological polar surface area (TPSA) is 12.0 Å². The molecule has 112 valence electrons. The van der Waals surface area contributed by atoms with Crippen LogP contribution in [-0.2, 0) is 0 Å². The predicted molar refractivity (Wildman–Crippen MR) is 87.4 cm³/mol. The lowest BCUT2D eigenvalue weighted by atomic mass is 10.0. The van der Waals surface area contributed by atoms with Crippen molar-refractivity contribution >= 4 is 0 Å². The van der Waals surface area contributed by atoms with Gasteiger partial charge in [-0.25, -0.2) is 0 Å². The van der Waals surface area contributed by atoms with Crippen molar-refractivity contribution in [2.45, 2.75) is 96.9 Å². The monoisotopic (exact) mass is 265 g/mol. The fourth-order valence-corrected chi connectivity index (χ4v) is 2.51. The Morgan fingerprint density at radius 2 is 1.42 bits per heavy atom. The van der Waals surface area contributed by atoms with Gasteiger partial charge in [0.05, 0.1) is 0 Å². The maximum atomic E-state index is 3.42. The highest BCUT2D eigenvalue weighted by Gasteiger charge is 2.04. The Hall–Kier alpha value is -0.480. The molecule has 0 aliphatic heterocycles. The van der Waals surface area contributed by atoms with Gasteiger partial charge >= 0.3 is 0 Å². The summed E-state index contributed by atoms with van der Waals surface area (Å²) in [6.45, 7) is 4.21. The molecular weight excluding hydrogens is 230 g/mol. The molecule has 1 atom stereocenters. The smallest absolute Gasteiger partial charge is 0.0103 e. The van der Waals surface area contributed by atoms with Gasteiger partial charge in [-0.15, -0.1) is 11.8 Å². The Morgan fingerprint density at radius 3 is 1.95 bits per heavy atom. The summed E-state index contributed by atoms with van der Waals surface area (Å²) in [5.41, 5.74) is 0. The largest absolute Gasteiger partial charge is 0.317 e. The van der Waals surface area contributed by atoms with Crippen LogP contribution in [0.15, 0.2) is 0 Å². The molecule has 0 radical (unpaired) electrons. The van der Waals surface area contributed by atoms with Gasteiger partial charge in [-0.05, 0) is 26.8 Å². The van der Waals surface area contributed by atoms with Crippen molar-refractivity contribution in [1.29, 1.82) is 0 Å². The van der Waals surface area contributed by atoms with E-state index in [-0.39, 0.29) is 0 Å². The van der Waals surface area contributed by atoms with Crippen molar-refractivity contribution < 1.29 is 0 Å². The lowest BCUT2D eigenvalue weighted by Crippen LogP contribution is -2.24. The van der Waals surface area contributed by atoms with Crippen LogP contribution in [0.5, 0.6) is 0 Å². The first-order valence-corrected chi connectivity index (χ1v) is 8.42. The highest BCUT2D eigenvalue weighted by molar-refractivity contribution is 4.95. The molecule has 0 fully saturated rings. The molecule has 1 N–H and O–H groups in total. The normalized spacial score (nSPS) is 11.9. The van der Waals surface area contributed by atoms with Gasteiger partial charge in [0, 0.05) is 12.5 Å². The third-order valence-corrected chi connectivity index (χ3v) is 3.86. The van der Waals surface area contributed by atoms with Crippen molar-refractivity contribution in [3.63, 3.8) is 0 Å². The lowest BCUT2D eigenvalue weighted by molar-refractivity contribution is 0.460. The van der Waals surface area contributed by atoms with Crippen LogP contribution in [0, 0.1) is 11.8 Å². The van der Waals surface area contributed by atoms with E-state index in [0.717, 1.165) is 6.42 Å². The first-order valence-electron chi connectivity index (χ1n) is 8.42. The van der Waals surface area contributed by atoms with E-state index in [1.807, 2.05) is 6.92 Å². The molecule has 1 nitrogen and oxygen atoms in total. The molecule has 0 aromatic heterocycles. The summed E-state index contributed by atoms with van der Waals surface area (Å²) in [6.07, 6.45) is 16.3. The van der Waals surface area contributed by atoms with Gasteiger partial charge < -0.3 is 5.32 Å². The molecular formula is C18H35N. The minimum atomic E-state index is 0.672. The Balaban J connectivity index is 3.28. The van der Waals surface area contributed by atoms with Gasteiger partial charge in [-0.2, -0.15) is 0 Å². The van der Waals surface area contributed by atoms with Crippen LogP contribution < -0.4 is 5.32 Å². The summed E-state index contributed by atoms with van der Waals surface area (Å²) in [7, 11) is 2.08. The molecule has 0 rings (SSSR count). The van der Waals surface area contributed by atoms with Gasteiger partial charge in [-0.1, -0.05) is 64.7 Å². The van der Waals surface area contributed by atoms with E-state index in [4.69, 9.17) is 0 Å². The number of hydrogen-bond donors (Lipinski definition) is 1. The second-order valence-electron chi connectivity index (χ2n) is 5.57. The molecule has 0 aromatic rings. The van der Waals surface area contributed by atoms with Crippen LogP contribution in [0.1, 0.15) is 90.9 Å². The first-order chi connectivity index (χ1) is 9.35. The van der Waals surface area contributed by atoms with Gasteiger partial charge in [-0.3, -0.25) is 0 Å². The molecule has 0 heterocycles. The fraction of sp³-hybridized carbons (Fsp3) is 0.889. The number of unbranched alkanes of at least 4 members (excludes halogenated alkanes) is 8. The summed E-state index contributed by atoms with van der Waals surface area (Å²) in [5, 5.41) is 3.42. The molecule has 0 aliphatic carbocycles. The minimum absolute atomic E-state index is 0.672. The van der Waals surface area contributed by atoms with Crippen LogP contribution in [0.2, 0.25) is 0 Å². The molecule has 0 spiro atoms. The average molecular weight is 265 g/mol. The average Bonchev–Trinajstić information content (AvgIpc) is 2.43. The number of hydrogen-bond acceptors (Lipinski definition) is 1. The molecule has 0 aromatic carbocycles. The number of rotatable bonds is 13. The zero-order valence-electron chi connectivity index (χ0n) is 13.6. The van der Waals surface area contributed by atoms with E-state index in [9.17, 15) is 0 Å². The van der Waals surface area contributed by atoms with E-state index in [1.165, 1.54) is 70.6 Å². The molecule has 0 amide bonds. The lowest BCUT2D eigenvalue weighted by Gasteiger charge is -2.14. The number of nitrogens with one attached hydrogen (secondary N) is 1. The van der Waals surface area contributed by atoms with Crippen LogP contribution in [-0.4, -0.2) is 13.1 Å². The first kappa shape index (κ1) is 18.5. The SMILES string of the molecule is CC#CCCC(CCCCCCCCCCC)NC. The zero-order valence-corrected chi connectivity index (χ0v) is 13.6. The maximum absolute atomic E-state index is 3.42.